The number of anilines is 2. The van der Waals surface area contributed by atoms with E-state index in [0.717, 1.165) is 49.0 Å². The molecule has 1 aromatic rings. The van der Waals surface area contributed by atoms with Crippen molar-refractivity contribution in [1.82, 2.24) is 14.9 Å². The molecule has 0 spiro atoms. The van der Waals surface area contributed by atoms with E-state index in [9.17, 15) is 0 Å². The molecule has 0 aromatic carbocycles. The van der Waals surface area contributed by atoms with Crippen LogP contribution < -0.4 is 16.2 Å². The molecule has 0 bridgehead atoms. The average Bonchev–Trinajstić information content (AvgIpc) is 2.88. The van der Waals surface area contributed by atoms with Gasteiger partial charge in [-0.25, -0.2) is 15.8 Å². The maximum atomic E-state index is 5.63. The lowest BCUT2D eigenvalue weighted by Gasteiger charge is -2.30. The number of nitrogens with zero attached hydrogens (tertiary/aromatic N) is 4. The van der Waals surface area contributed by atoms with E-state index in [1.165, 1.54) is 12.8 Å². The third kappa shape index (κ3) is 3.63. The minimum Gasteiger partial charge on any atom is -0.352 e. The Bertz CT molecular complexity index is 473. The van der Waals surface area contributed by atoms with Gasteiger partial charge in [-0.1, -0.05) is 6.92 Å². The first-order valence-electron chi connectivity index (χ1n) is 7.82. The number of nitrogens with one attached hydrogen (secondary N) is 1. The van der Waals surface area contributed by atoms with Crippen LogP contribution in [0.3, 0.4) is 0 Å². The van der Waals surface area contributed by atoms with E-state index in [1.807, 2.05) is 6.92 Å². The quantitative estimate of drug-likeness (QED) is 0.612. The molecule has 1 aliphatic rings. The van der Waals surface area contributed by atoms with E-state index in [4.69, 9.17) is 10.8 Å². The zero-order valence-electron chi connectivity index (χ0n) is 13.7. The Morgan fingerprint density at radius 3 is 2.76 bits per heavy atom. The Labute approximate surface area is 127 Å². The molecule has 0 saturated carbocycles. The van der Waals surface area contributed by atoms with Gasteiger partial charge in [-0.05, 0) is 40.3 Å². The predicted molar refractivity (Wildman–Crippen MR) is 87.5 cm³/mol. The summed E-state index contributed by atoms with van der Waals surface area (Å²) in [5.41, 5.74) is 3.77. The van der Waals surface area contributed by atoms with Crippen molar-refractivity contribution in [3.05, 3.63) is 11.4 Å². The minimum absolute atomic E-state index is 0.522. The average molecular weight is 292 g/mol. The summed E-state index contributed by atoms with van der Waals surface area (Å²) in [5, 5.41) is 0. The zero-order chi connectivity index (χ0) is 15.4. The Hall–Kier alpha value is -1.40. The third-order valence-corrected chi connectivity index (χ3v) is 4.00. The number of rotatable bonds is 6. The maximum absolute atomic E-state index is 5.63. The van der Waals surface area contributed by atoms with Crippen LogP contribution in [-0.4, -0.2) is 48.1 Å². The van der Waals surface area contributed by atoms with Crippen molar-refractivity contribution < 1.29 is 0 Å². The van der Waals surface area contributed by atoms with Gasteiger partial charge >= 0.3 is 0 Å². The first kappa shape index (κ1) is 16.0. The molecule has 1 aliphatic heterocycles. The molecule has 2 rings (SSSR count). The highest BCUT2D eigenvalue weighted by atomic mass is 15.3. The fourth-order valence-corrected chi connectivity index (χ4v) is 3.03. The number of likely N-dealkylation sites (N-methyl/N-ethyl adjacent to an activating group) is 1. The highest BCUT2D eigenvalue weighted by molar-refractivity contribution is 5.59. The van der Waals surface area contributed by atoms with Gasteiger partial charge in [-0.15, -0.1) is 0 Å². The van der Waals surface area contributed by atoms with Crippen molar-refractivity contribution in [3.8, 4) is 0 Å². The van der Waals surface area contributed by atoms with E-state index >= 15 is 0 Å². The number of hydrogen-bond acceptors (Lipinski definition) is 6. The summed E-state index contributed by atoms with van der Waals surface area (Å²) < 4.78 is 0. The summed E-state index contributed by atoms with van der Waals surface area (Å²) in [5.74, 6) is 8.30. The van der Waals surface area contributed by atoms with Gasteiger partial charge in [0.2, 0.25) is 0 Å². The first-order valence-corrected chi connectivity index (χ1v) is 7.82. The zero-order valence-corrected chi connectivity index (χ0v) is 13.7. The number of nitrogens with two attached hydrogens (primary N) is 1. The van der Waals surface area contributed by atoms with E-state index in [-0.39, 0.29) is 0 Å². The van der Waals surface area contributed by atoms with Gasteiger partial charge in [-0.3, -0.25) is 0 Å². The fraction of sp³-hybridized carbons (Fsp3) is 0.733. The molecule has 0 aliphatic carbocycles. The second-order valence-corrected chi connectivity index (χ2v) is 6.08. The second-order valence-electron chi connectivity index (χ2n) is 6.08. The van der Waals surface area contributed by atoms with Crippen molar-refractivity contribution in [2.45, 2.75) is 45.6 Å². The van der Waals surface area contributed by atoms with E-state index < -0.39 is 0 Å². The molecule has 1 unspecified atom stereocenters. The molecule has 0 amide bonds. The van der Waals surface area contributed by atoms with Gasteiger partial charge in [-0.2, -0.15) is 0 Å². The largest absolute Gasteiger partial charge is 0.352 e. The highest BCUT2D eigenvalue weighted by Crippen LogP contribution is 2.30. The molecule has 118 valence electrons. The van der Waals surface area contributed by atoms with Gasteiger partial charge in [0.15, 0.2) is 0 Å². The smallest absolute Gasteiger partial charge is 0.148 e. The molecule has 3 N–H and O–H groups in total. The van der Waals surface area contributed by atoms with Crippen molar-refractivity contribution in [2.75, 3.05) is 37.5 Å². The molecule has 1 atom stereocenters. The van der Waals surface area contributed by atoms with Crippen LogP contribution in [0.15, 0.2) is 0 Å². The van der Waals surface area contributed by atoms with Gasteiger partial charge in [0, 0.05) is 31.1 Å². The van der Waals surface area contributed by atoms with Crippen LogP contribution in [0.4, 0.5) is 11.6 Å². The summed E-state index contributed by atoms with van der Waals surface area (Å²) in [6, 6.07) is 0.522. The standard InChI is InChI=1S/C15H28N6/c1-5-7-13-17-14(19-16)11(2)15(18-13)21-9-6-8-12(21)10-20(3)4/h12H,5-10,16H2,1-4H3,(H,17,18,19). The summed E-state index contributed by atoms with van der Waals surface area (Å²) in [7, 11) is 4.25. The van der Waals surface area contributed by atoms with Crippen LogP contribution in [0.1, 0.15) is 37.6 Å². The number of nitrogen functional groups attached to an aromatic ring is 1. The molecule has 21 heavy (non-hydrogen) atoms. The molecular weight excluding hydrogens is 264 g/mol. The van der Waals surface area contributed by atoms with Crippen molar-refractivity contribution in [3.63, 3.8) is 0 Å². The Balaban J connectivity index is 2.34. The number of hydrogen-bond donors (Lipinski definition) is 2. The number of hydrazine groups is 1. The molecule has 6 heteroatoms. The summed E-state index contributed by atoms with van der Waals surface area (Å²) >= 11 is 0. The molecular formula is C15H28N6. The van der Waals surface area contributed by atoms with Crippen molar-refractivity contribution in [1.29, 1.82) is 0 Å². The normalized spacial score (nSPS) is 18.6. The maximum Gasteiger partial charge on any atom is 0.148 e. The molecule has 1 fully saturated rings. The Morgan fingerprint density at radius 2 is 2.14 bits per heavy atom. The van der Waals surface area contributed by atoms with Crippen molar-refractivity contribution in [2.24, 2.45) is 5.84 Å². The van der Waals surface area contributed by atoms with E-state index in [2.05, 4.69) is 41.2 Å². The topological polar surface area (TPSA) is 70.3 Å². The molecule has 6 nitrogen and oxygen atoms in total. The van der Waals surface area contributed by atoms with E-state index in [1.54, 1.807) is 0 Å². The van der Waals surface area contributed by atoms with Crippen LogP contribution in [0.2, 0.25) is 0 Å². The Kier molecular flexibility index (Phi) is 5.36. The van der Waals surface area contributed by atoms with Gasteiger partial charge in [0.25, 0.3) is 0 Å². The second kappa shape index (κ2) is 7.04. The lowest BCUT2D eigenvalue weighted by Crippen LogP contribution is -2.38. The lowest BCUT2D eigenvalue weighted by molar-refractivity contribution is 0.371. The van der Waals surface area contributed by atoms with Crippen LogP contribution >= 0.6 is 0 Å². The summed E-state index contributed by atoms with van der Waals surface area (Å²) in [6.07, 6.45) is 4.36. The SMILES string of the molecule is CCCc1nc(NN)c(C)c(N2CCCC2CN(C)C)n1. The molecule has 1 saturated heterocycles. The van der Waals surface area contributed by atoms with Gasteiger partial charge < -0.3 is 15.2 Å². The summed E-state index contributed by atoms with van der Waals surface area (Å²) in [6.45, 7) is 6.30. The van der Waals surface area contributed by atoms with Crippen LogP contribution in [-0.2, 0) is 6.42 Å². The fourth-order valence-electron chi connectivity index (χ4n) is 3.03. The molecule has 2 heterocycles. The molecule has 0 radical (unpaired) electrons. The van der Waals surface area contributed by atoms with Gasteiger partial charge in [0.05, 0.1) is 0 Å². The van der Waals surface area contributed by atoms with Crippen molar-refractivity contribution >= 4 is 11.6 Å². The number of aromatic nitrogens is 2. The Morgan fingerprint density at radius 1 is 1.38 bits per heavy atom. The molecule has 1 aromatic heterocycles. The number of aryl methyl sites for hydroxylation is 1. The van der Waals surface area contributed by atoms with Gasteiger partial charge in [0.1, 0.15) is 17.5 Å². The van der Waals surface area contributed by atoms with Crippen LogP contribution in [0.25, 0.3) is 0 Å². The van der Waals surface area contributed by atoms with Crippen LogP contribution in [0.5, 0.6) is 0 Å². The monoisotopic (exact) mass is 292 g/mol. The first-order chi connectivity index (χ1) is 10.1. The summed E-state index contributed by atoms with van der Waals surface area (Å²) in [4.78, 5) is 14.0. The predicted octanol–water partition coefficient (Wildman–Crippen LogP) is 1.55. The third-order valence-electron chi connectivity index (χ3n) is 4.00. The highest BCUT2D eigenvalue weighted by Gasteiger charge is 2.28. The van der Waals surface area contributed by atoms with E-state index in [0.29, 0.717) is 6.04 Å². The minimum atomic E-state index is 0.522. The lowest BCUT2D eigenvalue weighted by atomic mass is 10.2. The van der Waals surface area contributed by atoms with Crippen LogP contribution in [0, 0.1) is 6.92 Å².